The van der Waals surface area contributed by atoms with Gasteiger partial charge < -0.3 is 15.1 Å². The summed E-state index contributed by atoms with van der Waals surface area (Å²) in [5.74, 6) is 0.869. The summed E-state index contributed by atoms with van der Waals surface area (Å²) in [5.41, 5.74) is 1.31. The third-order valence-electron chi connectivity index (χ3n) is 4.41. The predicted octanol–water partition coefficient (Wildman–Crippen LogP) is 2.81. The molecule has 0 radical (unpaired) electrons. The molecule has 3 fully saturated rings. The third-order valence-corrected chi connectivity index (χ3v) is 6.48. The summed E-state index contributed by atoms with van der Waals surface area (Å²) in [6, 6.07) is 0. The molecule has 4 heterocycles. The van der Waals surface area contributed by atoms with Gasteiger partial charge in [0.15, 0.2) is 0 Å². The lowest BCUT2D eigenvalue weighted by atomic mass is 9.78. The van der Waals surface area contributed by atoms with E-state index in [0.29, 0.717) is 18.1 Å². The predicted molar refractivity (Wildman–Crippen MR) is 102 cm³/mol. The molecule has 9 heteroatoms. The normalized spacial score (nSPS) is 24.5. The minimum atomic E-state index is -1.26. The van der Waals surface area contributed by atoms with Crippen molar-refractivity contribution in [1.82, 2.24) is 13.6 Å². The maximum Gasteiger partial charge on any atom is 0.328 e. The van der Waals surface area contributed by atoms with Gasteiger partial charge in [0.05, 0.1) is 17.4 Å². The van der Waals surface area contributed by atoms with Crippen LogP contribution < -0.4 is 0 Å². The molecule has 26 heavy (non-hydrogen) atoms. The number of aromatic nitrogens is 2. The maximum atomic E-state index is 9.55. The van der Waals surface area contributed by atoms with Crippen molar-refractivity contribution < 1.29 is 19.8 Å². The van der Waals surface area contributed by atoms with Crippen molar-refractivity contribution in [2.24, 2.45) is 11.8 Å². The smallest absolute Gasteiger partial charge is 0.328 e. The molecule has 1 unspecified atom stereocenters. The molecule has 7 nitrogen and oxygen atoms in total. The quantitative estimate of drug-likeness (QED) is 0.556. The van der Waals surface area contributed by atoms with Crippen LogP contribution in [0, 0.1) is 11.8 Å². The average molecular weight is 400 g/mol. The van der Waals surface area contributed by atoms with E-state index < -0.39 is 11.9 Å². The van der Waals surface area contributed by atoms with E-state index in [9.17, 15) is 9.59 Å². The molecule has 0 saturated carbocycles. The number of rotatable bonds is 6. The van der Waals surface area contributed by atoms with E-state index in [1.807, 2.05) is 11.8 Å². The van der Waals surface area contributed by atoms with E-state index in [4.69, 9.17) is 10.2 Å². The fourth-order valence-corrected chi connectivity index (χ4v) is 4.90. The van der Waals surface area contributed by atoms with Crippen molar-refractivity contribution in [3.8, 4) is 0 Å². The van der Waals surface area contributed by atoms with Crippen LogP contribution in [0.15, 0.2) is 17.2 Å². The lowest BCUT2D eigenvalue weighted by molar-refractivity contribution is -0.134. The number of hydrogen-bond donors (Lipinski definition) is 2. The van der Waals surface area contributed by atoms with Gasteiger partial charge in [-0.05, 0) is 37.8 Å². The van der Waals surface area contributed by atoms with Crippen molar-refractivity contribution in [1.29, 1.82) is 0 Å². The second-order valence-corrected chi connectivity index (χ2v) is 8.45. The number of fused-ring (bicyclic) bond motifs is 3. The van der Waals surface area contributed by atoms with Crippen LogP contribution in [-0.4, -0.2) is 61.2 Å². The number of carboxylic acid groups (broad SMARTS) is 2. The number of nitrogens with zero attached hydrogens (tertiary/aromatic N) is 3. The zero-order valence-corrected chi connectivity index (χ0v) is 16.6. The summed E-state index contributed by atoms with van der Waals surface area (Å²) in [6.07, 6.45) is 3.83. The van der Waals surface area contributed by atoms with E-state index in [1.165, 1.54) is 54.9 Å². The van der Waals surface area contributed by atoms with Crippen molar-refractivity contribution >= 4 is 35.4 Å². The maximum absolute atomic E-state index is 9.55. The van der Waals surface area contributed by atoms with E-state index in [1.54, 1.807) is 0 Å². The number of thioether (sulfide) groups is 1. The lowest BCUT2D eigenvalue weighted by Crippen LogP contribution is -2.46. The van der Waals surface area contributed by atoms with Crippen molar-refractivity contribution in [2.45, 2.75) is 37.6 Å². The number of carboxylic acids is 2. The van der Waals surface area contributed by atoms with Crippen molar-refractivity contribution in [3.63, 3.8) is 0 Å². The largest absolute Gasteiger partial charge is 0.478 e. The van der Waals surface area contributed by atoms with Crippen LogP contribution in [0.25, 0.3) is 0 Å². The van der Waals surface area contributed by atoms with E-state index >= 15 is 0 Å². The molecule has 4 rings (SSSR count). The van der Waals surface area contributed by atoms with Gasteiger partial charge in [-0.3, -0.25) is 0 Å². The molecule has 0 aliphatic carbocycles. The first-order valence-electron chi connectivity index (χ1n) is 8.68. The standard InChI is InChI=1S/C13H21N3S2.C4H4O4/c1-9(2)8-17-13-12(14-18-15-13)11-7-16-5-3-10(11)4-6-16;5-3(6)1-2-4(7)8/h9-11H,3-8H2,1-2H3;1-2H,(H,5,6)(H,7,8). The van der Waals surface area contributed by atoms with Gasteiger partial charge in [-0.1, -0.05) is 13.8 Å². The Balaban J connectivity index is 0.000000260. The zero-order chi connectivity index (χ0) is 19.1. The molecule has 144 valence electrons. The van der Waals surface area contributed by atoms with E-state index in [0.717, 1.165) is 17.6 Å². The lowest BCUT2D eigenvalue weighted by Gasteiger charge is -2.44. The van der Waals surface area contributed by atoms with Gasteiger partial charge in [0.2, 0.25) is 0 Å². The van der Waals surface area contributed by atoms with Gasteiger partial charge in [-0.2, -0.15) is 8.75 Å². The van der Waals surface area contributed by atoms with Crippen LogP contribution in [0.4, 0.5) is 0 Å². The minimum Gasteiger partial charge on any atom is -0.478 e. The molecule has 0 spiro atoms. The third kappa shape index (κ3) is 6.37. The second kappa shape index (κ2) is 10.0. The Morgan fingerprint density at radius 2 is 1.85 bits per heavy atom. The Kier molecular flexibility index (Phi) is 8.05. The topological polar surface area (TPSA) is 104 Å². The monoisotopic (exact) mass is 399 g/mol. The number of aliphatic carboxylic acids is 2. The summed E-state index contributed by atoms with van der Waals surface area (Å²) in [4.78, 5) is 21.7. The van der Waals surface area contributed by atoms with Crippen LogP contribution in [-0.2, 0) is 9.59 Å². The van der Waals surface area contributed by atoms with Crippen LogP contribution in [0.5, 0.6) is 0 Å². The molecule has 1 atom stereocenters. The molecule has 1 aromatic heterocycles. The molecule has 3 saturated heterocycles. The summed E-state index contributed by atoms with van der Waals surface area (Å²) in [7, 11) is 0. The van der Waals surface area contributed by atoms with Gasteiger partial charge in [-0.15, -0.1) is 11.8 Å². The Hall–Kier alpha value is -1.45. The Labute approximate surface area is 161 Å². The van der Waals surface area contributed by atoms with Crippen LogP contribution >= 0.6 is 23.5 Å². The Morgan fingerprint density at radius 3 is 2.31 bits per heavy atom. The molecule has 3 aliphatic heterocycles. The van der Waals surface area contributed by atoms with Crippen molar-refractivity contribution in [2.75, 3.05) is 25.4 Å². The minimum absolute atomic E-state index is 0.558. The Bertz CT molecular complexity index is 624. The van der Waals surface area contributed by atoms with Gasteiger partial charge >= 0.3 is 11.9 Å². The Morgan fingerprint density at radius 1 is 1.23 bits per heavy atom. The number of carbonyl (C=O) groups is 2. The highest BCUT2D eigenvalue weighted by Gasteiger charge is 2.37. The van der Waals surface area contributed by atoms with E-state index in [-0.39, 0.29) is 0 Å². The second-order valence-electron chi connectivity index (χ2n) is 6.91. The molecule has 1 aromatic rings. The molecule has 3 aliphatic rings. The highest BCUT2D eigenvalue weighted by molar-refractivity contribution is 7.99. The summed E-state index contributed by atoms with van der Waals surface area (Å²) >= 11 is 3.30. The van der Waals surface area contributed by atoms with E-state index in [2.05, 4.69) is 27.5 Å². The fraction of sp³-hybridized carbons (Fsp3) is 0.647. The molecule has 0 aromatic carbocycles. The summed E-state index contributed by atoms with van der Waals surface area (Å²) in [6.45, 7) is 8.34. The van der Waals surface area contributed by atoms with Crippen molar-refractivity contribution in [3.05, 3.63) is 17.8 Å². The molecular formula is C17H25N3O4S2. The molecule has 2 bridgehead atoms. The first kappa shape index (κ1) is 20.9. The average Bonchev–Trinajstić information content (AvgIpc) is 3.08. The van der Waals surface area contributed by atoms with Crippen LogP contribution in [0.2, 0.25) is 0 Å². The first-order valence-corrected chi connectivity index (χ1v) is 10.4. The number of hydrogen-bond acceptors (Lipinski definition) is 7. The molecule has 2 N–H and O–H groups in total. The summed E-state index contributed by atoms with van der Waals surface area (Å²) in [5, 5.41) is 16.8. The highest BCUT2D eigenvalue weighted by atomic mass is 32.2. The van der Waals surface area contributed by atoms with Gasteiger partial charge in [0.25, 0.3) is 0 Å². The highest BCUT2D eigenvalue weighted by Crippen LogP contribution is 2.41. The molecule has 0 amide bonds. The SMILES string of the molecule is CC(C)CSc1nsnc1C1CN2CCC1CC2.O=C(O)C=CC(=O)O. The first-order chi connectivity index (χ1) is 12.4. The van der Waals surface area contributed by atoms with Crippen LogP contribution in [0.3, 0.4) is 0 Å². The zero-order valence-electron chi connectivity index (χ0n) is 15.0. The van der Waals surface area contributed by atoms with Gasteiger partial charge in [0, 0.05) is 30.4 Å². The van der Waals surface area contributed by atoms with Gasteiger partial charge in [0.1, 0.15) is 5.03 Å². The fourth-order valence-electron chi connectivity index (χ4n) is 3.18. The summed E-state index contributed by atoms with van der Waals surface area (Å²) < 4.78 is 9.14. The number of piperidine rings is 3. The van der Waals surface area contributed by atoms with Gasteiger partial charge in [-0.25, -0.2) is 9.59 Å². The van der Waals surface area contributed by atoms with Crippen LogP contribution in [0.1, 0.15) is 38.3 Å². The molecular weight excluding hydrogens is 374 g/mol.